The molecule has 0 aliphatic carbocycles. The van der Waals surface area contributed by atoms with Gasteiger partial charge >= 0.3 is 0 Å². The van der Waals surface area contributed by atoms with Crippen molar-refractivity contribution < 1.29 is 9.90 Å². The maximum atomic E-state index is 12.8. The van der Waals surface area contributed by atoms with Crippen LogP contribution >= 0.6 is 23.5 Å². The summed E-state index contributed by atoms with van der Waals surface area (Å²) in [6.07, 6.45) is 2.71. The highest BCUT2D eigenvalue weighted by molar-refractivity contribution is 7.99. The van der Waals surface area contributed by atoms with E-state index in [1.165, 1.54) is 0 Å². The van der Waals surface area contributed by atoms with Gasteiger partial charge < -0.3 is 10.4 Å². The van der Waals surface area contributed by atoms with E-state index in [1.807, 2.05) is 66.9 Å². The molecule has 0 unspecified atom stereocenters. The predicted octanol–water partition coefficient (Wildman–Crippen LogP) is 2.82. The average molecular weight is 403 g/mol. The van der Waals surface area contributed by atoms with Gasteiger partial charge in [0.25, 0.3) is 0 Å². The standard InChI is InChI=1S/C21H26N2O2S2/c1-26-13-12-19(23-20(24)18-14-27-15-22-18)21(25,16-8-4-2-5-9-16)17-10-6-3-7-11-17/h2-11,18-19,22,25H,12-15H2,1H3,(H,23,24)/t18-,19-/m0/s1. The SMILES string of the molecule is CSCC[C@H](NC(=O)[C@@H]1CSCN1)C(O)(c1ccccc1)c1ccccc1. The van der Waals surface area contributed by atoms with Crippen molar-refractivity contribution in [2.24, 2.45) is 0 Å². The lowest BCUT2D eigenvalue weighted by Gasteiger charge is -2.38. The minimum Gasteiger partial charge on any atom is -0.378 e. The Kier molecular flexibility index (Phi) is 7.24. The summed E-state index contributed by atoms with van der Waals surface area (Å²) in [4.78, 5) is 12.8. The molecular formula is C21H26N2O2S2. The number of carbonyl (C=O) groups excluding carboxylic acids is 1. The number of nitrogens with one attached hydrogen (secondary N) is 2. The van der Waals surface area contributed by atoms with Gasteiger partial charge in [-0.05, 0) is 29.6 Å². The number of hydrogen-bond donors (Lipinski definition) is 3. The van der Waals surface area contributed by atoms with Crippen molar-refractivity contribution in [3.05, 3.63) is 71.8 Å². The van der Waals surface area contributed by atoms with Crippen LogP contribution in [0.5, 0.6) is 0 Å². The Bertz CT molecular complexity index is 682. The van der Waals surface area contributed by atoms with Gasteiger partial charge in [-0.25, -0.2) is 0 Å². The topological polar surface area (TPSA) is 61.4 Å². The van der Waals surface area contributed by atoms with E-state index in [1.54, 1.807) is 23.5 Å². The fourth-order valence-corrected chi connectivity index (χ4v) is 4.82. The maximum absolute atomic E-state index is 12.8. The predicted molar refractivity (Wildman–Crippen MR) is 115 cm³/mol. The highest BCUT2D eigenvalue weighted by Crippen LogP contribution is 2.35. The molecule has 1 fully saturated rings. The third-order valence-corrected chi connectivity index (χ3v) is 6.48. The Hall–Kier alpha value is -1.47. The van der Waals surface area contributed by atoms with Crippen LogP contribution in [0.4, 0.5) is 0 Å². The molecule has 1 aliphatic rings. The molecule has 2 aromatic carbocycles. The first-order valence-corrected chi connectivity index (χ1v) is 11.6. The van der Waals surface area contributed by atoms with Crippen LogP contribution in [-0.2, 0) is 10.4 Å². The number of aliphatic hydroxyl groups is 1. The maximum Gasteiger partial charge on any atom is 0.238 e. The van der Waals surface area contributed by atoms with Gasteiger partial charge in [0.2, 0.25) is 5.91 Å². The van der Waals surface area contributed by atoms with Crippen molar-refractivity contribution in [2.45, 2.75) is 24.1 Å². The largest absolute Gasteiger partial charge is 0.378 e. The molecule has 1 aliphatic heterocycles. The molecule has 2 aromatic rings. The van der Waals surface area contributed by atoms with Gasteiger partial charge in [0.1, 0.15) is 5.60 Å². The minimum absolute atomic E-state index is 0.0450. The fourth-order valence-electron chi connectivity index (χ4n) is 3.41. The minimum atomic E-state index is -1.29. The summed E-state index contributed by atoms with van der Waals surface area (Å²) in [6, 6.07) is 18.6. The van der Waals surface area contributed by atoms with Gasteiger partial charge in [-0.3, -0.25) is 10.1 Å². The quantitative estimate of drug-likeness (QED) is 0.634. The summed E-state index contributed by atoms with van der Waals surface area (Å²) >= 11 is 3.43. The van der Waals surface area contributed by atoms with Crippen molar-refractivity contribution in [2.75, 3.05) is 23.6 Å². The molecule has 0 bridgehead atoms. The summed E-state index contributed by atoms with van der Waals surface area (Å²) in [5.74, 6) is 2.35. The highest BCUT2D eigenvalue weighted by Gasteiger charge is 2.41. The van der Waals surface area contributed by atoms with E-state index in [4.69, 9.17) is 0 Å². The van der Waals surface area contributed by atoms with E-state index in [2.05, 4.69) is 10.6 Å². The summed E-state index contributed by atoms with van der Waals surface area (Å²) in [5.41, 5.74) is 0.285. The van der Waals surface area contributed by atoms with Gasteiger partial charge in [-0.2, -0.15) is 11.8 Å². The van der Waals surface area contributed by atoms with Crippen molar-refractivity contribution in [1.29, 1.82) is 0 Å². The Morgan fingerprint density at radius 2 is 1.81 bits per heavy atom. The van der Waals surface area contributed by atoms with Crippen LogP contribution in [0.15, 0.2) is 60.7 Å². The van der Waals surface area contributed by atoms with Crippen LogP contribution in [0.25, 0.3) is 0 Å². The molecule has 1 heterocycles. The fraction of sp³-hybridized carbons (Fsp3) is 0.381. The lowest BCUT2D eigenvalue weighted by Crippen LogP contribution is -2.55. The average Bonchev–Trinajstić information content (AvgIpc) is 3.27. The highest BCUT2D eigenvalue weighted by atomic mass is 32.2. The zero-order chi connectivity index (χ0) is 19.1. The molecule has 144 valence electrons. The van der Waals surface area contributed by atoms with E-state index in [0.717, 1.165) is 28.5 Å². The third kappa shape index (κ3) is 4.69. The molecule has 6 heteroatoms. The Balaban J connectivity index is 1.98. The first-order valence-electron chi connectivity index (χ1n) is 9.10. The molecule has 1 saturated heterocycles. The van der Waals surface area contributed by atoms with Crippen molar-refractivity contribution >= 4 is 29.4 Å². The second-order valence-electron chi connectivity index (χ2n) is 6.61. The molecule has 3 N–H and O–H groups in total. The van der Waals surface area contributed by atoms with Gasteiger partial charge in [0.05, 0.1) is 12.1 Å². The summed E-state index contributed by atoms with van der Waals surface area (Å²) in [6.45, 7) is 0. The molecule has 0 saturated carbocycles. The van der Waals surface area contributed by atoms with E-state index >= 15 is 0 Å². The molecule has 3 rings (SSSR count). The number of rotatable bonds is 8. The first kappa shape index (κ1) is 20.3. The second-order valence-corrected chi connectivity index (χ2v) is 8.63. The molecule has 4 nitrogen and oxygen atoms in total. The molecule has 0 radical (unpaired) electrons. The molecular weight excluding hydrogens is 376 g/mol. The number of thioether (sulfide) groups is 2. The lowest BCUT2D eigenvalue weighted by molar-refractivity contribution is -0.125. The van der Waals surface area contributed by atoms with Gasteiger partial charge in [0, 0.05) is 11.6 Å². The number of benzene rings is 2. The monoisotopic (exact) mass is 402 g/mol. The van der Waals surface area contributed by atoms with Crippen LogP contribution in [0.3, 0.4) is 0 Å². The van der Waals surface area contributed by atoms with E-state index in [0.29, 0.717) is 6.42 Å². The summed E-state index contributed by atoms with van der Waals surface area (Å²) in [7, 11) is 0. The molecule has 2 atom stereocenters. The smallest absolute Gasteiger partial charge is 0.238 e. The molecule has 0 spiro atoms. The second kappa shape index (κ2) is 9.64. The number of amides is 1. The zero-order valence-electron chi connectivity index (χ0n) is 15.4. The Morgan fingerprint density at radius 1 is 1.22 bits per heavy atom. The van der Waals surface area contributed by atoms with Gasteiger partial charge in [0.15, 0.2) is 0 Å². The lowest BCUT2D eigenvalue weighted by atomic mass is 9.79. The number of hydrogen-bond acceptors (Lipinski definition) is 5. The van der Waals surface area contributed by atoms with Crippen LogP contribution in [0.2, 0.25) is 0 Å². The first-order chi connectivity index (χ1) is 13.2. The molecule has 0 aromatic heterocycles. The molecule has 27 heavy (non-hydrogen) atoms. The number of carbonyl (C=O) groups is 1. The Labute approximate surface area is 169 Å². The Morgan fingerprint density at radius 3 is 2.30 bits per heavy atom. The zero-order valence-corrected chi connectivity index (χ0v) is 17.1. The van der Waals surface area contributed by atoms with Crippen LogP contribution in [0.1, 0.15) is 17.5 Å². The van der Waals surface area contributed by atoms with E-state index in [-0.39, 0.29) is 11.9 Å². The summed E-state index contributed by atoms with van der Waals surface area (Å²) < 4.78 is 0. The van der Waals surface area contributed by atoms with Crippen LogP contribution < -0.4 is 10.6 Å². The van der Waals surface area contributed by atoms with Gasteiger partial charge in [-0.1, -0.05) is 60.7 Å². The van der Waals surface area contributed by atoms with Gasteiger partial charge in [-0.15, -0.1) is 11.8 Å². The van der Waals surface area contributed by atoms with E-state index in [9.17, 15) is 9.90 Å². The summed E-state index contributed by atoms with van der Waals surface area (Å²) in [5, 5.41) is 18.3. The van der Waals surface area contributed by atoms with Crippen LogP contribution in [0, 0.1) is 0 Å². The van der Waals surface area contributed by atoms with E-state index < -0.39 is 11.6 Å². The van der Waals surface area contributed by atoms with Crippen molar-refractivity contribution in [3.63, 3.8) is 0 Å². The van der Waals surface area contributed by atoms with Crippen molar-refractivity contribution in [3.8, 4) is 0 Å². The molecule has 1 amide bonds. The van der Waals surface area contributed by atoms with Crippen LogP contribution in [-0.4, -0.2) is 46.7 Å². The normalized spacial score (nSPS) is 18.2. The van der Waals surface area contributed by atoms with Crippen molar-refractivity contribution in [1.82, 2.24) is 10.6 Å². The third-order valence-electron chi connectivity index (χ3n) is 4.89.